The zero-order valence-electron chi connectivity index (χ0n) is 18.6. The summed E-state index contributed by atoms with van der Waals surface area (Å²) in [6.07, 6.45) is -0.613. The molecule has 0 bridgehead atoms. The van der Waals surface area contributed by atoms with Crippen molar-refractivity contribution in [3.8, 4) is 28.7 Å². The molecule has 0 saturated heterocycles. The number of rotatable bonds is 5. The van der Waals surface area contributed by atoms with Gasteiger partial charge in [-0.05, 0) is 47.5 Å². The molecule has 0 amide bonds. The summed E-state index contributed by atoms with van der Waals surface area (Å²) in [7, 11) is 0. The summed E-state index contributed by atoms with van der Waals surface area (Å²) in [5.41, 5.74) is 0.503. The molecule has 0 N–H and O–H groups in total. The van der Waals surface area contributed by atoms with Crippen molar-refractivity contribution < 1.29 is 17.9 Å². The largest absolute Gasteiger partial charge is 0.451 e. The van der Waals surface area contributed by atoms with Crippen LogP contribution in [0.1, 0.15) is 17.0 Å². The second-order valence-electron chi connectivity index (χ2n) is 7.84. The van der Waals surface area contributed by atoms with Gasteiger partial charge in [-0.25, -0.2) is 18.9 Å². The number of alkyl halides is 3. The Morgan fingerprint density at radius 1 is 1.00 bits per heavy atom. The number of aromatic nitrogens is 5. The van der Waals surface area contributed by atoms with Gasteiger partial charge in [0.15, 0.2) is 5.75 Å². The molecule has 4 aromatic heterocycles. The number of hydrogen-bond donors (Lipinski definition) is 0. The van der Waals surface area contributed by atoms with E-state index >= 15 is 0 Å². The fourth-order valence-electron chi connectivity index (χ4n) is 3.60. The van der Waals surface area contributed by atoms with E-state index in [0.717, 1.165) is 22.5 Å². The van der Waals surface area contributed by atoms with Gasteiger partial charge in [0, 0.05) is 23.0 Å². The van der Waals surface area contributed by atoms with Crippen molar-refractivity contribution in [3.05, 3.63) is 106 Å². The van der Waals surface area contributed by atoms with Crippen LogP contribution in [0.4, 0.5) is 13.2 Å². The van der Waals surface area contributed by atoms with Crippen LogP contribution >= 0.6 is 11.6 Å². The fourth-order valence-corrected chi connectivity index (χ4v) is 3.72. The highest BCUT2D eigenvalue weighted by Crippen LogP contribution is 2.36. The lowest BCUT2D eigenvalue weighted by Gasteiger charge is -2.12. The van der Waals surface area contributed by atoms with Crippen molar-refractivity contribution in [2.24, 2.45) is 0 Å². The van der Waals surface area contributed by atoms with Gasteiger partial charge in [-0.15, -0.1) is 5.10 Å². The average Bonchev–Trinajstić information content (AvgIpc) is 3.20. The molecule has 0 aliphatic rings. The van der Waals surface area contributed by atoms with E-state index in [4.69, 9.17) is 21.6 Å². The summed E-state index contributed by atoms with van der Waals surface area (Å²) in [5.74, 6) is 0.536. The van der Waals surface area contributed by atoms with Gasteiger partial charge in [0.2, 0.25) is 5.65 Å². The number of benzene rings is 1. The van der Waals surface area contributed by atoms with E-state index in [1.807, 2.05) is 6.07 Å². The van der Waals surface area contributed by atoms with E-state index in [0.29, 0.717) is 21.9 Å². The molecular formula is C25H14ClF3N6O2. The minimum atomic E-state index is -4.57. The van der Waals surface area contributed by atoms with Gasteiger partial charge in [-0.3, -0.25) is 4.98 Å². The quantitative estimate of drug-likeness (QED) is 0.309. The molecule has 0 spiro atoms. The minimum Gasteiger partial charge on any atom is -0.451 e. The summed E-state index contributed by atoms with van der Waals surface area (Å²) < 4.78 is 47.0. The topological polar surface area (TPSA) is 98.1 Å². The molecule has 4 heterocycles. The van der Waals surface area contributed by atoms with Crippen molar-refractivity contribution >= 4 is 17.2 Å². The SMILES string of the molecule is N#Cc1ccc(Oc2c(-c3ccc(Cl)cc3)ccn3c(=O)n(Cc4ccc(C(F)(F)F)nc4)nc23)cn1. The Morgan fingerprint density at radius 2 is 1.78 bits per heavy atom. The summed E-state index contributed by atoms with van der Waals surface area (Å²) in [4.78, 5) is 20.5. The van der Waals surface area contributed by atoms with E-state index in [9.17, 15) is 18.0 Å². The van der Waals surface area contributed by atoms with E-state index in [2.05, 4.69) is 15.1 Å². The Morgan fingerprint density at radius 3 is 2.41 bits per heavy atom. The molecule has 5 aromatic rings. The third-order valence-corrected chi connectivity index (χ3v) is 5.63. The zero-order valence-corrected chi connectivity index (χ0v) is 19.4. The first kappa shape index (κ1) is 24.0. The molecule has 184 valence electrons. The molecule has 0 radical (unpaired) electrons. The van der Waals surface area contributed by atoms with E-state index in [1.54, 1.807) is 36.4 Å². The van der Waals surface area contributed by atoms with Crippen LogP contribution in [0.2, 0.25) is 5.02 Å². The first-order valence-electron chi connectivity index (χ1n) is 10.7. The molecule has 37 heavy (non-hydrogen) atoms. The zero-order chi connectivity index (χ0) is 26.2. The summed E-state index contributed by atoms with van der Waals surface area (Å²) in [6.45, 7) is -0.111. The Kier molecular flexibility index (Phi) is 6.11. The number of halogens is 4. The normalized spacial score (nSPS) is 11.4. The van der Waals surface area contributed by atoms with Gasteiger partial charge in [-0.1, -0.05) is 29.8 Å². The Hall–Kier alpha value is -4.69. The molecule has 0 unspecified atom stereocenters. The van der Waals surface area contributed by atoms with Gasteiger partial charge in [-0.2, -0.15) is 18.4 Å². The average molecular weight is 523 g/mol. The van der Waals surface area contributed by atoms with E-state index in [-0.39, 0.29) is 23.6 Å². The van der Waals surface area contributed by atoms with Crippen LogP contribution in [0.25, 0.3) is 16.8 Å². The standard InChI is InChI=1S/C25H14ClF3N6O2/c26-17-4-2-16(3-5-17)20-9-10-34-23(22(20)37-19-7-6-18(11-30)31-13-19)33-35(24(34)36)14-15-1-8-21(32-12-15)25(27,28)29/h1-10,12-13H,14H2. The Labute approximate surface area is 211 Å². The van der Waals surface area contributed by atoms with Gasteiger partial charge < -0.3 is 4.74 Å². The van der Waals surface area contributed by atoms with E-state index < -0.39 is 17.6 Å². The first-order valence-corrected chi connectivity index (χ1v) is 11.0. The molecule has 8 nitrogen and oxygen atoms in total. The van der Waals surface area contributed by atoms with Crippen LogP contribution in [-0.4, -0.2) is 24.1 Å². The van der Waals surface area contributed by atoms with Crippen molar-refractivity contribution in [1.29, 1.82) is 5.26 Å². The second kappa shape index (κ2) is 9.40. The van der Waals surface area contributed by atoms with Crippen molar-refractivity contribution in [3.63, 3.8) is 0 Å². The summed E-state index contributed by atoms with van der Waals surface area (Å²) in [5, 5.41) is 14.0. The van der Waals surface area contributed by atoms with Crippen LogP contribution < -0.4 is 10.4 Å². The third kappa shape index (κ3) is 4.87. The Bertz CT molecular complexity index is 1690. The highest BCUT2D eigenvalue weighted by Gasteiger charge is 2.32. The summed E-state index contributed by atoms with van der Waals surface area (Å²) in [6, 6.07) is 15.7. The van der Waals surface area contributed by atoms with Crippen molar-refractivity contribution in [2.75, 3.05) is 0 Å². The second-order valence-corrected chi connectivity index (χ2v) is 8.28. The van der Waals surface area contributed by atoms with E-state index in [1.165, 1.54) is 28.9 Å². The van der Waals surface area contributed by atoms with Crippen LogP contribution in [0.3, 0.4) is 0 Å². The maximum Gasteiger partial charge on any atom is 0.433 e. The van der Waals surface area contributed by atoms with Crippen LogP contribution in [-0.2, 0) is 12.7 Å². The lowest BCUT2D eigenvalue weighted by atomic mass is 10.1. The molecule has 5 rings (SSSR count). The molecule has 0 fully saturated rings. The fraction of sp³-hybridized carbons (Fsp3) is 0.0800. The highest BCUT2D eigenvalue weighted by molar-refractivity contribution is 6.30. The van der Waals surface area contributed by atoms with Crippen molar-refractivity contribution in [2.45, 2.75) is 12.7 Å². The number of fused-ring (bicyclic) bond motifs is 1. The molecule has 1 aromatic carbocycles. The molecule has 0 atom stereocenters. The van der Waals surface area contributed by atoms with Gasteiger partial charge >= 0.3 is 11.9 Å². The van der Waals surface area contributed by atoms with Crippen LogP contribution in [0.5, 0.6) is 11.5 Å². The highest BCUT2D eigenvalue weighted by atomic mass is 35.5. The maximum absolute atomic E-state index is 13.1. The van der Waals surface area contributed by atoms with Crippen LogP contribution in [0.15, 0.2) is 78.0 Å². The van der Waals surface area contributed by atoms with Gasteiger partial charge in [0.25, 0.3) is 0 Å². The number of nitriles is 1. The maximum atomic E-state index is 13.1. The van der Waals surface area contributed by atoms with Crippen molar-refractivity contribution in [1.82, 2.24) is 24.1 Å². The van der Waals surface area contributed by atoms with Crippen LogP contribution in [0, 0.1) is 11.3 Å². The number of nitrogens with zero attached hydrogens (tertiary/aromatic N) is 6. The summed E-state index contributed by atoms with van der Waals surface area (Å²) >= 11 is 6.03. The monoisotopic (exact) mass is 522 g/mol. The van der Waals surface area contributed by atoms with Gasteiger partial charge in [0.05, 0.1) is 12.7 Å². The predicted molar refractivity (Wildman–Crippen MR) is 127 cm³/mol. The number of ether oxygens (including phenoxy) is 1. The lowest BCUT2D eigenvalue weighted by Crippen LogP contribution is -2.21. The minimum absolute atomic E-state index is 0.111. The molecule has 12 heteroatoms. The third-order valence-electron chi connectivity index (χ3n) is 5.38. The first-order chi connectivity index (χ1) is 17.7. The lowest BCUT2D eigenvalue weighted by molar-refractivity contribution is -0.141. The molecule has 0 aliphatic carbocycles. The molecular weight excluding hydrogens is 509 g/mol. The molecule has 0 aliphatic heterocycles. The smallest absolute Gasteiger partial charge is 0.433 e. The Balaban J connectivity index is 1.60. The predicted octanol–water partition coefficient (Wildman–Crippen LogP) is 5.34. The van der Waals surface area contributed by atoms with Gasteiger partial charge in [0.1, 0.15) is 23.2 Å². The number of pyridine rings is 3. The molecule has 0 saturated carbocycles. The number of hydrogen-bond acceptors (Lipinski definition) is 6.